The lowest BCUT2D eigenvalue weighted by Crippen LogP contribution is -1.91. The number of carbonyl (C=O) groups is 2. The smallest absolute Gasteiger partial charge is 0.328 e. The van der Waals surface area contributed by atoms with E-state index in [2.05, 4.69) is 29.2 Å². The number of hydrogen-bond donors (Lipinski definition) is 3. The number of carboxylic acid groups (broad SMARTS) is 2. The Labute approximate surface area is 125 Å². The molecule has 0 aliphatic heterocycles. The number of nitrogens with one attached hydrogen (secondary N) is 1. The first-order valence-corrected chi connectivity index (χ1v) is 6.93. The van der Waals surface area contributed by atoms with Crippen LogP contribution in [0.25, 0.3) is 0 Å². The van der Waals surface area contributed by atoms with Gasteiger partial charge >= 0.3 is 11.9 Å². The number of imidazole rings is 1. The Bertz CT molecular complexity index is 613. The highest BCUT2D eigenvalue weighted by Crippen LogP contribution is 2.22. The van der Waals surface area contributed by atoms with Crippen LogP contribution in [0, 0.1) is 13.8 Å². The van der Waals surface area contributed by atoms with E-state index in [4.69, 9.17) is 10.2 Å². The predicted molar refractivity (Wildman–Crippen MR) is 79.6 cm³/mol. The summed E-state index contributed by atoms with van der Waals surface area (Å²) in [6.07, 6.45) is 5.70. The second kappa shape index (κ2) is 8.01. The fraction of sp³-hybridized carbons (Fsp3) is 0.214. The van der Waals surface area contributed by atoms with Crippen LogP contribution in [-0.4, -0.2) is 32.1 Å². The van der Waals surface area contributed by atoms with E-state index in [0.717, 1.165) is 6.42 Å². The van der Waals surface area contributed by atoms with Gasteiger partial charge in [-0.25, -0.2) is 14.6 Å². The lowest BCUT2D eigenvalue weighted by atomic mass is 10.1. The van der Waals surface area contributed by atoms with E-state index >= 15 is 0 Å². The first kappa shape index (κ1) is 16.6. The number of aromatic amines is 1. The highest BCUT2D eigenvalue weighted by molar-refractivity contribution is 7.10. The van der Waals surface area contributed by atoms with E-state index in [1.54, 1.807) is 6.33 Å². The molecule has 2 rings (SSSR count). The second-order valence-corrected chi connectivity index (χ2v) is 5.19. The Morgan fingerprint density at radius 3 is 2.29 bits per heavy atom. The third-order valence-corrected chi connectivity index (χ3v) is 3.87. The minimum absolute atomic E-state index is 0.558. The average Bonchev–Trinajstić information content (AvgIpc) is 3.03. The van der Waals surface area contributed by atoms with E-state index in [0.29, 0.717) is 12.2 Å². The maximum absolute atomic E-state index is 9.55. The molecule has 2 aromatic heterocycles. The molecular formula is C14H16N2O4S. The van der Waals surface area contributed by atoms with Crippen LogP contribution in [0.15, 0.2) is 30.1 Å². The molecular weight excluding hydrogens is 292 g/mol. The molecule has 21 heavy (non-hydrogen) atoms. The minimum atomic E-state index is -1.26. The molecule has 0 aliphatic rings. The van der Waals surface area contributed by atoms with Crippen molar-refractivity contribution in [3.63, 3.8) is 0 Å². The molecule has 0 aliphatic carbocycles. The van der Waals surface area contributed by atoms with Gasteiger partial charge in [0.05, 0.1) is 6.33 Å². The molecule has 0 amide bonds. The third kappa shape index (κ3) is 6.05. The summed E-state index contributed by atoms with van der Waals surface area (Å²) in [6.45, 7) is 4.33. The van der Waals surface area contributed by atoms with E-state index < -0.39 is 11.9 Å². The molecule has 0 atom stereocenters. The summed E-state index contributed by atoms with van der Waals surface area (Å²) < 4.78 is 0. The average molecular weight is 308 g/mol. The van der Waals surface area contributed by atoms with Crippen molar-refractivity contribution in [1.82, 2.24) is 9.97 Å². The van der Waals surface area contributed by atoms with E-state index in [-0.39, 0.29) is 0 Å². The van der Waals surface area contributed by atoms with Crippen molar-refractivity contribution in [2.24, 2.45) is 0 Å². The number of aryl methyl sites for hydroxylation is 1. The molecule has 0 unspecified atom stereocenters. The van der Waals surface area contributed by atoms with Gasteiger partial charge in [-0.3, -0.25) is 0 Å². The summed E-state index contributed by atoms with van der Waals surface area (Å²) >= 11 is 1.83. The van der Waals surface area contributed by atoms with Gasteiger partial charge in [0, 0.05) is 35.3 Å². The van der Waals surface area contributed by atoms with Crippen molar-refractivity contribution in [1.29, 1.82) is 0 Å². The van der Waals surface area contributed by atoms with Gasteiger partial charge < -0.3 is 15.2 Å². The summed E-state index contributed by atoms with van der Waals surface area (Å²) in [5.41, 5.74) is 3.99. The molecule has 7 heteroatoms. The summed E-state index contributed by atoms with van der Waals surface area (Å²) in [5, 5.41) is 17.8. The number of H-pyrrole nitrogens is 1. The molecule has 6 nitrogen and oxygen atoms in total. The molecule has 0 radical (unpaired) electrons. The normalized spacial score (nSPS) is 10.2. The van der Waals surface area contributed by atoms with Gasteiger partial charge in [0.15, 0.2) is 0 Å². The van der Waals surface area contributed by atoms with Crippen LogP contribution in [0.5, 0.6) is 0 Å². The molecule has 0 fully saturated rings. The largest absolute Gasteiger partial charge is 0.478 e. The zero-order valence-electron chi connectivity index (χ0n) is 11.7. The monoisotopic (exact) mass is 308 g/mol. The summed E-state index contributed by atoms with van der Waals surface area (Å²) in [7, 11) is 0. The van der Waals surface area contributed by atoms with Crippen LogP contribution >= 0.6 is 11.3 Å². The van der Waals surface area contributed by atoms with E-state index in [1.165, 1.54) is 21.7 Å². The summed E-state index contributed by atoms with van der Waals surface area (Å²) in [6, 6.07) is 0. The number of carboxylic acids is 2. The Morgan fingerprint density at radius 2 is 1.90 bits per heavy atom. The minimum Gasteiger partial charge on any atom is -0.478 e. The lowest BCUT2D eigenvalue weighted by Gasteiger charge is -1.96. The van der Waals surface area contributed by atoms with Crippen molar-refractivity contribution >= 4 is 23.3 Å². The second-order valence-electron chi connectivity index (χ2n) is 4.23. The highest BCUT2D eigenvalue weighted by Gasteiger charge is 2.05. The van der Waals surface area contributed by atoms with Crippen LogP contribution in [-0.2, 0) is 16.0 Å². The first-order valence-electron chi connectivity index (χ1n) is 6.05. The molecule has 2 heterocycles. The van der Waals surface area contributed by atoms with Crippen LogP contribution < -0.4 is 0 Å². The van der Waals surface area contributed by atoms with Crippen LogP contribution in [0.2, 0.25) is 0 Å². The number of nitrogens with zero attached hydrogens (tertiary/aromatic N) is 1. The summed E-state index contributed by atoms with van der Waals surface area (Å²) in [5.74, 6) is -2.51. The van der Waals surface area contributed by atoms with Gasteiger partial charge in [0.1, 0.15) is 0 Å². The van der Waals surface area contributed by atoms with Gasteiger partial charge in [-0.05, 0) is 30.4 Å². The molecule has 0 saturated heterocycles. The van der Waals surface area contributed by atoms with Gasteiger partial charge in [0.2, 0.25) is 0 Å². The van der Waals surface area contributed by atoms with Gasteiger partial charge in [0.25, 0.3) is 0 Å². The van der Waals surface area contributed by atoms with E-state index in [9.17, 15) is 9.59 Å². The first-order chi connectivity index (χ1) is 9.90. The van der Waals surface area contributed by atoms with Crippen molar-refractivity contribution in [3.8, 4) is 0 Å². The standard InChI is InChI=1S/C10H12N2S.C4H4O4/c1-7-5-13-10(8(7)2)3-9-4-11-6-12-9;5-3(6)1-2-4(7)8/h4-6H,3H2,1-2H3,(H,11,12);1-2H,(H,5,6)(H,7,8). The van der Waals surface area contributed by atoms with Crippen molar-refractivity contribution < 1.29 is 19.8 Å². The number of aliphatic carboxylic acids is 2. The Balaban J connectivity index is 0.000000240. The highest BCUT2D eigenvalue weighted by atomic mass is 32.1. The topological polar surface area (TPSA) is 103 Å². The molecule has 0 saturated carbocycles. The maximum Gasteiger partial charge on any atom is 0.328 e. The van der Waals surface area contributed by atoms with Crippen LogP contribution in [0.1, 0.15) is 21.7 Å². The van der Waals surface area contributed by atoms with Crippen molar-refractivity contribution in [2.45, 2.75) is 20.3 Å². The molecule has 0 spiro atoms. The predicted octanol–water partition coefficient (Wildman–Crippen LogP) is 2.39. The summed E-state index contributed by atoms with van der Waals surface area (Å²) in [4.78, 5) is 27.7. The zero-order chi connectivity index (χ0) is 15.8. The van der Waals surface area contributed by atoms with Gasteiger partial charge in [-0.15, -0.1) is 11.3 Å². The quantitative estimate of drug-likeness (QED) is 0.752. The fourth-order valence-corrected chi connectivity index (χ4v) is 2.50. The molecule has 112 valence electrons. The van der Waals surface area contributed by atoms with Crippen LogP contribution in [0.4, 0.5) is 0 Å². The Morgan fingerprint density at radius 1 is 1.29 bits per heavy atom. The zero-order valence-corrected chi connectivity index (χ0v) is 12.5. The Hall–Kier alpha value is -2.41. The van der Waals surface area contributed by atoms with E-state index in [1.807, 2.05) is 17.5 Å². The number of rotatable bonds is 4. The lowest BCUT2D eigenvalue weighted by molar-refractivity contribution is -0.134. The van der Waals surface area contributed by atoms with Gasteiger partial charge in [-0.1, -0.05) is 0 Å². The Kier molecular flexibility index (Phi) is 6.35. The molecule has 0 aromatic carbocycles. The maximum atomic E-state index is 9.55. The SMILES string of the molecule is Cc1csc(Cc2cnc[nH]2)c1C.O=C(O)C=CC(=O)O. The number of hydrogen-bond acceptors (Lipinski definition) is 4. The number of thiophene rings is 1. The molecule has 2 aromatic rings. The van der Waals surface area contributed by atoms with Gasteiger partial charge in [-0.2, -0.15) is 0 Å². The third-order valence-electron chi connectivity index (χ3n) is 2.66. The fourth-order valence-electron chi connectivity index (χ4n) is 1.43. The molecule has 3 N–H and O–H groups in total. The van der Waals surface area contributed by atoms with Crippen LogP contribution in [0.3, 0.4) is 0 Å². The number of aromatic nitrogens is 2. The van der Waals surface area contributed by atoms with Crippen molar-refractivity contribution in [2.75, 3.05) is 0 Å². The molecule has 0 bridgehead atoms. The van der Waals surface area contributed by atoms with Crippen molar-refractivity contribution in [3.05, 3.63) is 51.8 Å².